The zero-order chi connectivity index (χ0) is 10.6. The Labute approximate surface area is 101 Å². The molecule has 0 fully saturated rings. The number of alkyl halides is 1. The van der Waals surface area contributed by atoms with Gasteiger partial charge in [0.2, 0.25) is 5.79 Å². The molecule has 0 heterocycles. The van der Waals surface area contributed by atoms with Crippen molar-refractivity contribution in [2.24, 2.45) is 0 Å². The Hall–Kier alpha value is 0.100. The fourth-order valence-corrected chi connectivity index (χ4v) is 2.26. The Morgan fingerprint density at radius 3 is 2.00 bits per heavy atom. The molecule has 0 saturated carbocycles. The van der Waals surface area contributed by atoms with Crippen LogP contribution in [-0.4, -0.2) is 19.5 Å². The summed E-state index contributed by atoms with van der Waals surface area (Å²) in [5.74, 6) is -0.694. The molecular formula is C10H12Br2O2. The molecule has 1 aromatic carbocycles. The van der Waals surface area contributed by atoms with Crippen molar-refractivity contribution >= 4 is 31.9 Å². The lowest BCUT2D eigenvalue weighted by molar-refractivity contribution is -0.196. The van der Waals surface area contributed by atoms with E-state index in [0.717, 1.165) is 10.0 Å². The molecule has 0 N–H and O–H groups in total. The van der Waals surface area contributed by atoms with Gasteiger partial charge in [-0.3, -0.25) is 0 Å². The van der Waals surface area contributed by atoms with E-state index in [4.69, 9.17) is 9.47 Å². The van der Waals surface area contributed by atoms with Crippen molar-refractivity contribution in [3.8, 4) is 0 Å². The molecule has 1 rings (SSSR count). The third kappa shape index (κ3) is 2.37. The highest BCUT2D eigenvalue weighted by Gasteiger charge is 2.30. The van der Waals surface area contributed by atoms with Gasteiger partial charge in [0.1, 0.15) is 0 Å². The molecule has 0 unspecified atom stereocenters. The van der Waals surface area contributed by atoms with Gasteiger partial charge in [-0.25, -0.2) is 0 Å². The predicted octanol–water partition coefficient (Wildman–Crippen LogP) is 3.29. The first-order valence-electron chi connectivity index (χ1n) is 4.11. The molecule has 78 valence electrons. The van der Waals surface area contributed by atoms with Crippen LogP contribution in [0.15, 0.2) is 28.7 Å². The van der Waals surface area contributed by atoms with E-state index in [1.807, 2.05) is 24.3 Å². The number of ether oxygens (including phenoxy) is 2. The van der Waals surface area contributed by atoms with E-state index in [2.05, 4.69) is 31.9 Å². The molecule has 0 atom stereocenters. The summed E-state index contributed by atoms with van der Waals surface area (Å²) in [6.45, 7) is 0. The number of methoxy groups -OCH3 is 2. The highest BCUT2D eigenvalue weighted by atomic mass is 79.9. The summed E-state index contributed by atoms with van der Waals surface area (Å²) < 4.78 is 11.8. The van der Waals surface area contributed by atoms with Crippen LogP contribution in [0, 0.1) is 0 Å². The third-order valence-corrected chi connectivity index (χ3v) is 3.39. The van der Waals surface area contributed by atoms with Crippen LogP contribution in [0.5, 0.6) is 0 Å². The minimum Gasteiger partial charge on any atom is -0.349 e. The molecule has 0 radical (unpaired) electrons. The van der Waals surface area contributed by atoms with Crippen LogP contribution < -0.4 is 0 Å². The molecule has 0 aromatic heterocycles. The number of benzene rings is 1. The Morgan fingerprint density at radius 1 is 1.14 bits per heavy atom. The zero-order valence-electron chi connectivity index (χ0n) is 8.09. The average Bonchev–Trinajstić information content (AvgIpc) is 2.24. The minimum absolute atomic E-state index is 0.592. The molecule has 0 spiro atoms. The molecule has 0 aliphatic rings. The van der Waals surface area contributed by atoms with Gasteiger partial charge < -0.3 is 9.47 Å². The Kier molecular flexibility index (Phi) is 4.57. The quantitative estimate of drug-likeness (QED) is 0.625. The van der Waals surface area contributed by atoms with Gasteiger partial charge in [-0.05, 0) is 12.1 Å². The van der Waals surface area contributed by atoms with Crippen LogP contribution in [0.3, 0.4) is 0 Å². The summed E-state index contributed by atoms with van der Waals surface area (Å²) in [5.41, 5.74) is 0.988. The molecule has 14 heavy (non-hydrogen) atoms. The normalized spacial score (nSPS) is 11.7. The smallest absolute Gasteiger partial charge is 0.204 e. The van der Waals surface area contributed by atoms with Crippen molar-refractivity contribution in [3.05, 3.63) is 34.3 Å². The van der Waals surface area contributed by atoms with E-state index in [1.165, 1.54) is 0 Å². The van der Waals surface area contributed by atoms with E-state index >= 15 is 0 Å². The molecule has 0 aliphatic carbocycles. The second-order valence-electron chi connectivity index (χ2n) is 2.80. The van der Waals surface area contributed by atoms with Gasteiger partial charge in [0.15, 0.2) is 0 Å². The first-order chi connectivity index (χ1) is 6.68. The summed E-state index contributed by atoms with van der Waals surface area (Å²) in [5, 5.41) is 0.592. The SMILES string of the molecule is COC(CBr)(OC)c1ccc(Br)cc1. The van der Waals surface area contributed by atoms with Gasteiger partial charge >= 0.3 is 0 Å². The number of halogens is 2. The maximum Gasteiger partial charge on any atom is 0.204 e. The van der Waals surface area contributed by atoms with Crippen molar-refractivity contribution in [2.75, 3.05) is 19.5 Å². The largest absolute Gasteiger partial charge is 0.349 e. The zero-order valence-corrected chi connectivity index (χ0v) is 11.3. The van der Waals surface area contributed by atoms with Crippen LogP contribution in [0.4, 0.5) is 0 Å². The van der Waals surface area contributed by atoms with Gasteiger partial charge in [-0.1, -0.05) is 44.0 Å². The van der Waals surface area contributed by atoms with E-state index in [-0.39, 0.29) is 0 Å². The third-order valence-electron chi connectivity index (χ3n) is 2.12. The van der Waals surface area contributed by atoms with Crippen molar-refractivity contribution in [1.82, 2.24) is 0 Å². The summed E-state index contributed by atoms with van der Waals surface area (Å²) >= 11 is 6.77. The first-order valence-corrected chi connectivity index (χ1v) is 6.02. The van der Waals surface area contributed by atoms with Gasteiger partial charge in [0.05, 0.1) is 5.33 Å². The molecule has 0 aliphatic heterocycles. The van der Waals surface area contributed by atoms with Crippen LogP contribution in [0.2, 0.25) is 0 Å². The van der Waals surface area contributed by atoms with Gasteiger partial charge in [0, 0.05) is 24.3 Å². The molecule has 1 aromatic rings. The van der Waals surface area contributed by atoms with Gasteiger partial charge in [0.25, 0.3) is 0 Å². The van der Waals surface area contributed by atoms with Crippen molar-refractivity contribution in [3.63, 3.8) is 0 Å². The lowest BCUT2D eigenvalue weighted by Gasteiger charge is -2.29. The van der Waals surface area contributed by atoms with E-state index in [1.54, 1.807) is 14.2 Å². The van der Waals surface area contributed by atoms with Crippen molar-refractivity contribution in [2.45, 2.75) is 5.79 Å². The van der Waals surface area contributed by atoms with Crippen LogP contribution >= 0.6 is 31.9 Å². The Bertz CT molecular complexity index is 272. The van der Waals surface area contributed by atoms with Crippen molar-refractivity contribution in [1.29, 1.82) is 0 Å². The Morgan fingerprint density at radius 2 is 1.64 bits per heavy atom. The molecule has 0 saturated heterocycles. The molecule has 0 bridgehead atoms. The van der Waals surface area contributed by atoms with Gasteiger partial charge in [-0.2, -0.15) is 0 Å². The lowest BCUT2D eigenvalue weighted by Crippen LogP contribution is -2.32. The molecular weight excluding hydrogens is 312 g/mol. The maximum absolute atomic E-state index is 5.38. The second kappa shape index (κ2) is 5.26. The lowest BCUT2D eigenvalue weighted by atomic mass is 10.1. The summed E-state index contributed by atoms with van der Waals surface area (Å²) in [7, 11) is 3.26. The number of hydrogen-bond donors (Lipinski definition) is 0. The monoisotopic (exact) mass is 322 g/mol. The molecule has 4 heteroatoms. The first kappa shape index (κ1) is 12.2. The van der Waals surface area contributed by atoms with E-state index < -0.39 is 5.79 Å². The fraction of sp³-hybridized carbons (Fsp3) is 0.400. The summed E-state index contributed by atoms with van der Waals surface area (Å²) in [6.07, 6.45) is 0. The van der Waals surface area contributed by atoms with E-state index in [0.29, 0.717) is 5.33 Å². The fourth-order valence-electron chi connectivity index (χ4n) is 1.21. The highest BCUT2D eigenvalue weighted by molar-refractivity contribution is 9.10. The predicted molar refractivity (Wildman–Crippen MR) is 63.6 cm³/mol. The average molecular weight is 324 g/mol. The molecule has 0 amide bonds. The number of rotatable bonds is 4. The molecule has 2 nitrogen and oxygen atoms in total. The Balaban J connectivity index is 3.05. The van der Waals surface area contributed by atoms with Crippen LogP contribution in [0.1, 0.15) is 5.56 Å². The van der Waals surface area contributed by atoms with Crippen molar-refractivity contribution < 1.29 is 9.47 Å². The summed E-state index contributed by atoms with van der Waals surface area (Å²) in [4.78, 5) is 0. The van der Waals surface area contributed by atoms with Crippen LogP contribution in [-0.2, 0) is 15.3 Å². The van der Waals surface area contributed by atoms with Crippen LogP contribution in [0.25, 0.3) is 0 Å². The van der Waals surface area contributed by atoms with E-state index in [9.17, 15) is 0 Å². The number of hydrogen-bond acceptors (Lipinski definition) is 2. The van der Waals surface area contributed by atoms with Gasteiger partial charge in [-0.15, -0.1) is 0 Å². The standard InChI is InChI=1S/C10H12Br2O2/c1-13-10(7-11,14-2)8-3-5-9(12)6-4-8/h3-6H,7H2,1-2H3. The minimum atomic E-state index is -0.694. The second-order valence-corrected chi connectivity index (χ2v) is 4.28. The topological polar surface area (TPSA) is 18.5 Å². The summed E-state index contributed by atoms with van der Waals surface area (Å²) in [6, 6.07) is 7.87. The maximum atomic E-state index is 5.38. The highest BCUT2D eigenvalue weighted by Crippen LogP contribution is 2.29.